The summed E-state index contributed by atoms with van der Waals surface area (Å²) in [5, 5.41) is 2.89. The number of anilines is 1. The number of benzene rings is 2. The topological polar surface area (TPSA) is 47.6 Å². The van der Waals surface area contributed by atoms with Crippen LogP contribution < -0.4 is 14.8 Å². The van der Waals surface area contributed by atoms with Gasteiger partial charge in [0, 0.05) is 5.56 Å². The summed E-state index contributed by atoms with van der Waals surface area (Å²) in [6.07, 6.45) is 2.05. The number of carbonyl (C=O) groups excluding carboxylic acids is 1. The number of unbranched alkanes of at least 4 members (excludes halogenated alkanes) is 1. The maximum absolute atomic E-state index is 12.3. The van der Waals surface area contributed by atoms with Crippen molar-refractivity contribution in [3.05, 3.63) is 54.1 Å². The van der Waals surface area contributed by atoms with Gasteiger partial charge in [-0.1, -0.05) is 31.5 Å². The van der Waals surface area contributed by atoms with Gasteiger partial charge in [-0.25, -0.2) is 0 Å². The molecule has 4 heteroatoms. The Morgan fingerprint density at radius 3 is 2.73 bits per heavy atom. The van der Waals surface area contributed by atoms with Gasteiger partial charge in [-0.3, -0.25) is 4.79 Å². The molecule has 0 radical (unpaired) electrons. The quantitative estimate of drug-likeness (QED) is 0.782. The Hall–Kier alpha value is -2.49. The highest BCUT2D eigenvalue weighted by Gasteiger charge is 2.10. The number of para-hydroxylation sites is 2. The van der Waals surface area contributed by atoms with Gasteiger partial charge < -0.3 is 14.8 Å². The van der Waals surface area contributed by atoms with Crippen LogP contribution in [0, 0.1) is 0 Å². The predicted octanol–water partition coefficient (Wildman–Crippen LogP) is 4.13. The Balaban J connectivity index is 2.10. The third kappa shape index (κ3) is 4.25. The fourth-order valence-electron chi connectivity index (χ4n) is 1.98. The minimum absolute atomic E-state index is 0.189. The van der Waals surface area contributed by atoms with E-state index in [0.717, 1.165) is 12.8 Å². The maximum atomic E-state index is 12.3. The zero-order valence-corrected chi connectivity index (χ0v) is 13.0. The third-order valence-corrected chi connectivity index (χ3v) is 3.22. The standard InChI is InChI=1S/C18H21NO3/c1-3-4-12-22-17-11-6-5-10-16(17)19-18(20)14-8-7-9-15(13-14)21-2/h5-11,13H,3-4,12H2,1-2H3,(H,19,20). The van der Waals surface area contributed by atoms with Gasteiger partial charge in [-0.05, 0) is 36.8 Å². The molecule has 2 aromatic rings. The molecule has 2 rings (SSSR count). The highest BCUT2D eigenvalue weighted by molar-refractivity contribution is 6.05. The van der Waals surface area contributed by atoms with E-state index < -0.39 is 0 Å². The Labute approximate surface area is 131 Å². The molecule has 0 aliphatic rings. The first kappa shape index (κ1) is 15.9. The first-order chi connectivity index (χ1) is 10.7. The molecule has 0 aliphatic carbocycles. The lowest BCUT2D eigenvalue weighted by Crippen LogP contribution is -2.13. The normalized spacial score (nSPS) is 10.1. The van der Waals surface area contributed by atoms with E-state index in [1.807, 2.05) is 24.3 Å². The van der Waals surface area contributed by atoms with Crippen LogP contribution >= 0.6 is 0 Å². The second-order valence-corrected chi connectivity index (χ2v) is 4.88. The zero-order valence-electron chi connectivity index (χ0n) is 13.0. The summed E-state index contributed by atoms with van der Waals surface area (Å²) in [6.45, 7) is 2.75. The fraction of sp³-hybridized carbons (Fsp3) is 0.278. The van der Waals surface area contributed by atoms with Gasteiger partial charge in [-0.2, -0.15) is 0 Å². The monoisotopic (exact) mass is 299 g/mol. The molecule has 0 unspecified atom stereocenters. The molecule has 1 amide bonds. The second kappa shape index (κ2) is 8.08. The molecule has 0 bridgehead atoms. The molecule has 0 saturated carbocycles. The number of ether oxygens (including phenoxy) is 2. The smallest absolute Gasteiger partial charge is 0.255 e. The average molecular weight is 299 g/mol. The van der Waals surface area contributed by atoms with Crippen LogP contribution in [0.1, 0.15) is 30.1 Å². The average Bonchev–Trinajstić information content (AvgIpc) is 2.56. The molecular formula is C18H21NO3. The van der Waals surface area contributed by atoms with Gasteiger partial charge >= 0.3 is 0 Å². The van der Waals surface area contributed by atoms with Crippen LogP contribution in [0.3, 0.4) is 0 Å². The number of methoxy groups -OCH3 is 1. The Bertz CT molecular complexity index is 625. The van der Waals surface area contributed by atoms with Crippen LogP contribution in [-0.4, -0.2) is 19.6 Å². The molecule has 0 spiro atoms. The van der Waals surface area contributed by atoms with E-state index in [1.165, 1.54) is 0 Å². The molecule has 0 aromatic heterocycles. The van der Waals surface area contributed by atoms with Gasteiger partial charge in [0.1, 0.15) is 11.5 Å². The van der Waals surface area contributed by atoms with E-state index in [1.54, 1.807) is 31.4 Å². The number of rotatable bonds is 7. The molecule has 0 saturated heterocycles. The molecule has 4 nitrogen and oxygen atoms in total. The molecule has 2 aromatic carbocycles. The summed E-state index contributed by atoms with van der Waals surface area (Å²) in [5.74, 6) is 1.15. The van der Waals surface area contributed by atoms with Crippen LogP contribution in [0.2, 0.25) is 0 Å². The minimum atomic E-state index is -0.189. The number of hydrogen-bond donors (Lipinski definition) is 1. The first-order valence-electron chi connectivity index (χ1n) is 7.42. The van der Waals surface area contributed by atoms with Crippen molar-refractivity contribution >= 4 is 11.6 Å². The third-order valence-electron chi connectivity index (χ3n) is 3.22. The number of hydrogen-bond acceptors (Lipinski definition) is 3. The van der Waals surface area contributed by atoms with Gasteiger partial charge in [0.25, 0.3) is 5.91 Å². The summed E-state index contributed by atoms with van der Waals surface area (Å²) in [4.78, 5) is 12.3. The Kier molecular flexibility index (Phi) is 5.83. The van der Waals surface area contributed by atoms with Crippen molar-refractivity contribution in [3.63, 3.8) is 0 Å². The van der Waals surface area contributed by atoms with Crippen molar-refractivity contribution in [1.82, 2.24) is 0 Å². The SMILES string of the molecule is CCCCOc1ccccc1NC(=O)c1cccc(OC)c1. The van der Waals surface area contributed by atoms with Gasteiger partial charge in [0.15, 0.2) is 0 Å². The van der Waals surface area contributed by atoms with Crippen molar-refractivity contribution in [1.29, 1.82) is 0 Å². The van der Waals surface area contributed by atoms with Crippen molar-refractivity contribution in [2.24, 2.45) is 0 Å². The van der Waals surface area contributed by atoms with Gasteiger partial charge in [-0.15, -0.1) is 0 Å². The molecule has 0 atom stereocenters. The lowest BCUT2D eigenvalue weighted by Gasteiger charge is -2.12. The molecule has 0 heterocycles. The van der Waals surface area contributed by atoms with Crippen LogP contribution in [0.5, 0.6) is 11.5 Å². The van der Waals surface area contributed by atoms with E-state index in [-0.39, 0.29) is 5.91 Å². The highest BCUT2D eigenvalue weighted by atomic mass is 16.5. The van der Waals surface area contributed by atoms with E-state index in [2.05, 4.69) is 12.2 Å². The number of nitrogens with one attached hydrogen (secondary N) is 1. The molecular weight excluding hydrogens is 278 g/mol. The Morgan fingerprint density at radius 1 is 1.14 bits per heavy atom. The number of carbonyl (C=O) groups is 1. The van der Waals surface area contributed by atoms with Crippen molar-refractivity contribution in [2.75, 3.05) is 19.0 Å². The lowest BCUT2D eigenvalue weighted by atomic mass is 10.2. The summed E-state index contributed by atoms with van der Waals surface area (Å²) >= 11 is 0. The summed E-state index contributed by atoms with van der Waals surface area (Å²) in [5.41, 5.74) is 1.22. The molecule has 1 N–H and O–H groups in total. The second-order valence-electron chi connectivity index (χ2n) is 4.88. The van der Waals surface area contributed by atoms with E-state index in [4.69, 9.17) is 9.47 Å². The van der Waals surface area contributed by atoms with E-state index >= 15 is 0 Å². The van der Waals surface area contributed by atoms with Gasteiger partial charge in [0.05, 0.1) is 19.4 Å². The summed E-state index contributed by atoms with van der Waals surface area (Å²) in [6, 6.07) is 14.5. The fourth-order valence-corrected chi connectivity index (χ4v) is 1.98. The van der Waals surface area contributed by atoms with E-state index in [0.29, 0.717) is 29.4 Å². The zero-order chi connectivity index (χ0) is 15.8. The van der Waals surface area contributed by atoms with Crippen LogP contribution in [0.15, 0.2) is 48.5 Å². The molecule has 0 fully saturated rings. The number of amides is 1. The minimum Gasteiger partial charge on any atom is -0.497 e. The summed E-state index contributed by atoms with van der Waals surface area (Å²) < 4.78 is 10.9. The Morgan fingerprint density at radius 2 is 1.95 bits per heavy atom. The molecule has 116 valence electrons. The van der Waals surface area contributed by atoms with Crippen LogP contribution in [-0.2, 0) is 0 Å². The first-order valence-corrected chi connectivity index (χ1v) is 7.42. The van der Waals surface area contributed by atoms with Crippen molar-refractivity contribution < 1.29 is 14.3 Å². The lowest BCUT2D eigenvalue weighted by molar-refractivity contribution is 0.102. The van der Waals surface area contributed by atoms with Crippen molar-refractivity contribution in [2.45, 2.75) is 19.8 Å². The van der Waals surface area contributed by atoms with E-state index in [9.17, 15) is 4.79 Å². The van der Waals surface area contributed by atoms with Crippen LogP contribution in [0.25, 0.3) is 0 Å². The van der Waals surface area contributed by atoms with Crippen molar-refractivity contribution in [3.8, 4) is 11.5 Å². The van der Waals surface area contributed by atoms with Crippen LogP contribution in [0.4, 0.5) is 5.69 Å². The molecule has 0 aliphatic heterocycles. The highest BCUT2D eigenvalue weighted by Crippen LogP contribution is 2.25. The van der Waals surface area contributed by atoms with Gasteiger partial charge in [0.2, 0.25) is 0 Å². The largest absolute Gasteiger partial charge is 0.497 e. The summed E-state index contributed by atoms with van der Waals surface area (Å²) in [7, 11) is 1.58. The molecule has 22 heavy (non-hydrogen) atoms. The predicted molar refractivity (Wildman–Crippen MR) is 87.8 cm³/mol. The maximum Gasteiger partial charge on any atom is 0.255 e.